The van der Waals surface area contributed by atoms with Gasteiger partial charge in [0.1, 0.15) is 6.10 Å². The summed E-state index contributed by atoms with van der Waals surface area (Å²) in [5, 5.41) is 4.14. The Labute approximate surface area is 187 Å². The second kappa shape index (κ2) is 9.27. The van der Waals surface area contributed by atoms with Gasteiger partial charge in [-0.3, -0.25) is 4.90 Å². The van der Waals surface area contributed by atoms with Crippen LogP contribution >= 0.6 is 24.0 Å². The van der Waals surface area contributed by atoms with Gasteiger partial charge in [0.05, 0.1) is 11.7 Å². The normalized spacial score (nSPS) is 22.1. The van der Waals surface area contributed by atoms with Crippen LogP contribution in [0.5, 0.6) is 0 Å². The first-order valence-electron chi connectivity index (χ1n) is 10.3. The van der Waals surface area contributed by atoms with E-state index in [1.165, 1.54) is 4.90 Å². The first kappa shape index (κ1) is 21.0. The Bertz CT molecular complexity index is 900. The van der Waals surface area contributed by atoms with E-state index in [1.807, 2.05) is 47.4 Å². The Morgan fingerprint density at radius 3 is 2.47 bits per heavy atom. The number of nitrogens with one attached hydrogen (secondary N) is 1. The first-order valence-corrected chi connectivity index (χ1v) is 11.9. The molecule has 0 saturated carbocycles. The average Bonchev–Trinajstić information content (AvgIpc) is 3.08. The summed E-state index contributed by atoms with van der Waals surface area (Å²) in [5.74, 6) is 0. The van der Waals surface area contributed by atoms with Crippen LogP contribution in [0.1, 0.15) is 31.4 Å². The van der Waals surface area contributed by atoms with E-state index in [-0.39, 0.29) is 24.3 Å². The zero-order valence-electron chi connectivity index (χ0n) is 17.3. The van der Waals surface area contributed by atoms with Crippen LogP contribution in [0.3, 0.4) is 0 Å². The minimum absolute atomic E-state index is 0.0231. The fourth-order valence-electron chi connectivity index (χ4n) is 4.34. The Kier molecular flexibility index (Phi) is 6.49. The molecule has 5 nitrogen and oxygen atoms in total. The van der Waals surface area contributed by atoms with E-state index in [2.05, 4.69) is 35.5 Å². The van der Waals surface area contributed by atoms with Gasteiger partial charge in [-0.2, -0.15) is 0 Å². The molecule has 2 aliphatic rings. The number of cyclic esters (lactones) is 1. The second-order valence-electron chi connectivity index (χ2n) is 7.71. The lowest BCUT2D eigenvalue weighted by molar-refractivity contribution is 0.120. The van der Waals surface area contributed by atoms with Crippen molar-refractivity contribution >= 4 is 40.9 Å². The molecule has 1 N–H and O–H groups in total. The van der Waals surface area contributed by atoms with Crippen molar-refractivity contribution in [1.29, 1.82) is 0 Å². The maximum Gasteiger partial charge on any atom is 0.411 e. The zero-order valence-corrected chi connectivity index (χ0v) is 18.9. The number of carbonyl (C=O) groups excluding carboxylic acids is 1. The lowest BCUT2D eigenvalue weighted by atomic mass is 9.98. The smallest absolute Gasteiger partial charge is 0.411 e. The quantitative estimate of drug-likeness (QED) is 0.523. The number of rotatable bonds is 4. The Balaban J connectivity index is 1.36. The van der Waals surface area contributed by atoms with Crippen LogP contribution in [0.25, 0.3) is 0 Å². The standard InChI is InChI=1S/C23H27N3O2S2/c1-16-21(17-8-4-3-5-9-17)28-23(27)26(16)18-12-14-25(15-13-18)22(29)24-19-10-6-7-11-20(19)30-2/h3-11,16,18,21H,12-15H2,1-2H3,(H,24,29)/t16-,21-/m0/s1. The summed E-state index contributed by atoms with van der Waals surface area (Å²) >= 11 is 7.37. The number of para-hydroxylation sites is 1. The summed E-state index contributed by atoms with van der Waals surface area (Å²) in [7, 11) is 0. The number of carbonyl (C=O) groups is 1. The van der Waals surface area contributed by atoms with Gasteiger partial charge in [0.2, 0.25) is 0 Å². The highest BCUT2D eigenvalue weighted by Gasteiger charge is 2.44. The molecule has 2 fully saturated rings. The highest BCUT2D eigenvalue weighted by Crippen LogP contribution is 2.36. The molecule has 0 aliphatic carbocycles. The number of thiocarbonyl (C=S) groups is 1. The van der Waals surface area contributed by atoms with Crippen LogP contribution in [0.2, 0.25) is 0 Å². The van der Waals surface area contributed by atoms with Gasteiger partial charge in [-0.1, -0.05) is 42.5 Å². The van der Waals surface area contributed by atoms with Gasteiger partial charge >= 0.3 is 6.09 Å². The number of hydrogen-bond acceptors (Lipinski definition) is 4. The largest absolute Gasteiger partial charge is 0.439 e. The molecule has 0 aromatic heterocycles. The van der Waals surface area contributed by atoms with E-state index in [0.717, 1.165) is 42.3 Å². The summed E-state index contributed by atoms with van der Waals surface area (Å²) in [6.07, 6.45) is 3.42. The molecule has 7 heteroatoms. The van der Waals surface area contributed by atoms with E-state index in [9.17, 15) is 4.79 Å². The molecule has 1 amide bonds. The molecule has 2 aromatic carbocycles. The first-order chi connectivity index (χ1) is 14.6. The van der Waals surface area contributed by atoms with Gasteiger partial charge in [0.25, 0.3) is 0 Å². The van der Waals surface area contributed by atoms with Crippen molar-refractivity contribution in [3.8, 4) is 0 Å². The monoisotopic (exact) mass is 441 g/mol. The molecule has 2 atom stereocenters. The van der Waals surface area contributed by atoms with Crippen LogP contribution in [0, 0.1) is 0 Å². The van der Waals surface area contributed by atoms with Gasteiger partial charge in [-0.15, -0.1) is 11.8 Å². The summed E-state index contributed by atoms with van der Waals surface area (Å²) in [5.41, 5.74) is 2.09. The molecule has 2 heterocycles. The van der Waals surface area contributed by atoms with Gasteiger partial charge in [0, 0.05) is 24.0 Å². The molecule has 2 aliphatic heterocycles. The van der Waals surface area contributed by atoms with Crippen LogP contribution in [0.15, 0.2) is 59.5 Å². The van der Waals surface area contributed by atoms with Crippen LogP contribution in [-0.4, -0.2) is 52.4 Å². The van der Waals surface area contributed by atoms with Crippen molar-refractivity contribution in [2.45, 2.75) is 42.8 Å². The summed E-state index contributed by atoms with van der Waals surface area (Å²) in [4.78, 5) is 18.0. The fourth-order valence-corrected chi connectivity index (χ4v) is 5.19. The molecule has 4 rings (SSSR count). The number of piperidine rings is 1. The minimum Gasteiger partial charge on any atom is -0.439 e. The molecule has 30 heavy (non-hydrogen) atoms. The van der Waals surface area contributed by atoms with Crippen molar-refractivity contribution < 1.29 is 9.53 Å². The lowest BCUT2D eigenvalue weighted by Crippen LogP contribution is -2.50. The van der Waals surface area contributed by atoms with E-state index in [4.69, 9.17) is 17.0 Å². The van der Waals surface area contributed by atoms with Gasteiger partial charge in [-0.25, -0.2) is 4.79 Å². The predicted octanol–water partition coefficient (Wildman–Crippen LogP) is 5.15. The number of benzene rings is 2. The van der Waals surface area contributed by atoms with E-state index < -0.39 is 0 Å². The fraction of sp³-hybridized carbons (Fsp3) is 0.391. The van der Waals surface area contributed by atoms with Crippen LogP contribution in [-0.2, 0) is 4.74 Å². The summed E-state index contributed by atoms with van der Waals surface area (Å²) < 4.78 is 5.74. The highest BCUT2D eigenvalue weighted by molar-refractivity contribution is 7.98. The molecular formula is C23H27N3O2S2. The molecule has 0 bridgehead atoms. The molecule has 0 unspecified atom stereocenters. The number of anilines is 1. The van der Waals surface area contributed by atoms with Crippen molar-refractivity contribution in [2.75, 3.05) is 24.7 Å². The SMILES string of the molecule is CSc1ccccc1NC(=S)N1CCC(N2C(=O)O[C@H](c3ccccc3)[C@@H]2C)CC1. The van der Waals surface area contributed by atoms with Gasteiger partial charge < -0.3 is 15.0 Å². The summed E-state index contributed by atoms with van der Waals surface area (Å²) in [6.45, 7) is 3.73. The highest BCUT2D eigenvalue weighted by atomic mass is 32.2. The molecule has 158 valence electrons. The molecule has 2 aromatic rings. The number of amides is 1. The Hall–Kier alpha value is -2.25. The Morgan fingerprint density at radius 2 is 1.77 bits per heavy atom. The molecular weight excluding hydrogens is 414 g/mol. The van der Waals surface area contributed by atoms with E-state index >= 15 is 0 Å². The van der Waals surface area contributed by atoms with Crippen molar-refractivity contribution in [1.82, 2.24) is 9.80 Å². The van der Waals surface area contributed by atoms with Crippen molar-refractivity contribution in [3.05, 3.63) is 60.2 Å². The molecule has 0 spiro atoms. The van der Waals surface area contributed by atoms with Crippen molar-refractivity contribution in [2.24, 2.45) is 0 Å². The van der Waals surface area contributed by atoms with Crippen LogP contribution in [0.4, 0.5) is 10.5 Å². The van der Waals surface area contributed by atoms with Crippen molar-refractivity contribution in [3.63, 3.8) is 0 Å². The lowest BCUT2D eigenvalue weighted by Gasteiger charge is -2.38. The van der Waals surface area contributed by atoms with E-state index in [1.54, 1.807) is 11.8 Å². The number of thioether (sulfide) groups is 1. The van der Waals surface area contributed by atoms with Gasteiger partial charge in [0.15, 0.2) is 5.11 Å². The number of ether oxygens (including phenoxy) is 1. The maximum atomic E-state index is 12.6. The second-order valence-corrected chi connectivity index (χ2v) is 8.95. The van der Waals surface area contributed by atoms with Gasteiger partial charge in [-0.05, 0) is 55.9 Å². The zero-order chi connectivity index (χ0) is 21.1. The maximum absolute atomic E-state index is 12.6. The summed E-state index contributed by atoms with van der Waals surface area (Å²) in [6, 6.07) is 18.4. The minimum atomic E-state index is -0.206. The molecule has 2 saturated heterocycles. The third-order valence-electron chi connectivity index (χ3n) is 5.94. The third-order valence-corrected chi connectivity index (χ3v) is 7.09. The van der Waals surface area contributed by atoms with Crippen LogP contribution < -0.4 is 5.32 Å². The number of hydrogen-bond donors (Lipinski definition) is 1. The van der Waals surface area contributed by atoms with E-state index in [0.29, 0.717) is 0 Å². The average molecular weight is 442 g/mol. The predicted molar refractivity (Wildman–Crippen MR) is 126 cm³/mol. The molecule has 0 radical (unpaired) electrons. The number of nitrogens with zero attached hydrogens (tertiary/aromatic N) is 2. The Morgan fingerprint density at radius 1 is 1.10 bits per heavy atom. The topological polar surface area (TPSA) is 44.8 Å². The third kappa shape index (κ3) is 4.27. The number of likely N-dealkylation sites (tertiary alicyclic amines) is 1.